The van der Waals surface area contributed by atoms with Gasteiger partial charge in [-0.2, -0.15) is 5.10 Å². The van der Waals surface area contributed by atoms with E-state index in [-0.39, 0.29) is 23.8 Å². The number of halogens is 2. The van der Waals surface area contributed by atoms with Crippen molar-refractivity contribution in [2.45, 2.75) is 58.0 Å². The van der Waals surface area contributed by atoms with Gasteiger partial charge >= 0.3 is 6.09 Å². The smallest absolute Gasteiger partial charge is 0.426 e. The van der Waals surface area contributed by atoms with Gasteiger partial charge in [-0.25, -0.2) is 28.7 Å². The van der Waals surface area contributed by atoms with Gasteiger partial charge in [0.1, 0.15) is 41.3 Å². The molecule has 3 rings (SSSR count). The summed E-state index contributed by atoms with van der Waals surface area (Å²) in [6.07, 6.45) is 3.21. The van der Waals surface area contributed by atoms with Crippen LogP contribution in [0, 0.1) is 11.6 Å². The summed E-state index contributed by atoms with van der Waals surface area (Å²) in [5, 5.41) is 20.0. The summed E-state index contributed by atoms with van der Waals surface area (Å²) < 4.78 is 40.6. The number of carbonyl (C=O) groups is 1. The number of hydrogen-bond acceptors (Lipinski definition) is 7. The van der Waals surface area contributed by atoms with Gasteiger partial charge < -0.3 is 19.6 Å². The fourth-order valence-electron chi connectivity index (χ4n) is 3.44. The SMILES string of the molecule is C[C@@H](N(NC(=O)OC(C)(C)C)C(=S)NCc1ccco1)[C@](O)(Cn1cncn1)c1ccc(F)cc1F. The molecule has 0 radical (unpaired) electrons. The lowest BCUT2D eigenvalue weighted by Crippen LogP contribution is -2.62. The lowest BCUT2D eigenvalue weighted by atomic mass is 9.86. The molecule has 0 aliphatic carbocycles. The van der Waals surface area contributed by atoms with Crippen LogP contribution in [0.3, 0.4) is 0 Å². The third-order valence-corrected chi connectivity index (χ3v) is 5.51. The predicted molar refractivity (Wildman–Crippen MR) is 129 cm³/mol. The molecule has 36 heavy (non-hydrogen) atoms. The van der Waals surface area contributed by atoms with Crippen LogP contribution in [-0.2, 0) is 23.4 Å². The minimum absolute atomic E-state index is 0.0238. The number of amides is 1. The number of aliphatic hydroxyl groups is 1. The Kier molecular flexibility index (Phi) is 8.25. The molecule has 2 aromatic heterocycles. The van der Waals surface area contributed by atoms with Crippen molar-refractivity contribution in [2.24, 2.45) is 0 Å². The molecular formula is C23H28F2N6O4S. The molecule has 0 spiro atoms. The molecule has 0 aliphatic heterocycles. The van der Waals surface area contributed by atoms with E-state index in [9.17, 15) is 18.7 Å². The Morgan fingerprint density at radius 2 is 2.08 bits per heavy atom. The third kappa shape index (κ3) is 6.76. The normalized spacial score (nSPS) is 14.0. The Labute approximate surface area is 212 Å². The van der Waals surface area contributed by atoms with Crippen molar-refractivity contribution in [3.05, 3.63) is 72.2 Å². The zero-order valence-electron chi connectivity index (χ0n) is 20.2. The molecule has 2 heterocycles. The first kappa shape index (κ1) is 27.0. The number of thiocarbonyl (C=S) groups is 1. The van der Waals surface area contributed by atoms with Crippen molar-refractivity contribution in [2.75, 3.05) is 0 Å². The van der Waals surface area contributed by atoms with E-state index in [2.05, 4.69) is 20.8 Å². The Balaban J connectivity index is 1.99. The van der Waals surface area contributed by atoms with Crippen LogP contribution in [0.5, 0.6) is 0 Å². The number of rotatable bonds is 7. The number of aromatic nitrogens is 3. The second kappa shape index (κ2) is 11.0. The Bertz CT molecular complexity index is 1170. The molecule has 0 saturated heterocycles. The van der Waals surface area contributed by atoms with Gasteiger partial charge in [0.15, 0.2) is 5.11 Å². The summed E-state index contributed by atoms with van der Waals surface area (Å²) in [4.78, 5) is 16.5. The Morgan fingerprint density at radius 1 is 1.33 bits per heavy atom. The van der Waals surface area contributed by atoms with Crippen molar-refractivity contribution in [3.8, 4) is 0 Å². The molecular weight excluding hydrogens is 494 g/mol. The van der Waals surface area contributed by atoms with Crippen molar-refractivity contribution < 1.29 is 27.8 Å². The Hall–Kier alpha value is -3.58. The maximum atomic E-state index is 15.0. The summed E-state index contributed by atoms with van der Waals surface area (Å²) in [5.41, 5.74) is -0.631. The number of carbonyl (C=O) groups excluding carboxylic acids is 1. The quantitative estimate of drug-likeness (QED) is 0.318. The highest BCUT2D eigenvalue weighted by Crippen LogP contribution is 2.32. The lowest BCUT2D eigenvalue weighted by molar-refractivity contribution is -0.0583. The highest BCUT2D eigenvalue weighted by Gasteiger charge is 2.44. The first-order chi connectivity index (χ1) is 16.9. The van der Waals surface area contributed by atoms with E-state index < -0.39 is 35.0 Å². The minimum atomic E-state index is -2.09. The number of nitrogens with zero attached hydrogens (tertiary/aromatic N) is 4. The van der Waals surface area contributed by atoms with Crippen LogP contribution >= 0.6 is 12.2 Å². The number of ether oxygens (including phenoxy) is 1. The number of furan rings is 1. The van der Waals surface area contributed by atoms with E-state index >= 15 is 0 Å². The molecule has 3 aromatic rings. The van der Waals surface area contributed by atoms with Crippen LogP contribution in [0.15, 0.2) is 53.7 Å². The molecule has 0 unspecified atom stereocenters. The first-order valence-electron chi connectivity index (χ1n) is 11.0. The highest BCUT2D eigenvalue weighted by molar-refractivity contribution is 7.80. The summed E-state index contributed by atoms with van der Waals surface area (Å²) in [6.45, 7) is 6.42. The summed E-state index contributed by atoms with van der Waals surface area (Å²) >= 11 is 5.51. The first-order valence-corrected chi connectivity index (χ1v) is 11.4. The molecule has 1 amide bonds. The zero-order valence-corrected chi connectivity index (χ0v) is 21.1. The molecule has 0 aliphatic rings. The molecule has 10 nitrogen and oxygen atoms in total. The van der Waals surface area contributed by atoms with Gasteiger partial charge in [0.2, 0.25) is 0 Å². The van der Waals surface area contributed by atoms with Gasteiger partial charge in [-0.05, 0) is 58.1 Å². The molecule has 1 aromatic carbocycles. The van der Waals surface area contributed by atoms with Crippen LogP contribution in [0.1, 0.15) is 39.0 Å². The minimum Gasteiger partial charge on any atom is -0.467 e. The number of hydrogen-bond donors (Lipinski definition) is 3. The maximum Gasteiger partial charge on any atom is 0.426 e. The molecule has 0 fully saturated rings. The van der Waals surface area contributed by atoms with Gasteiger partial charge in [-0.3, -0.25) is 5.01 Å². The van der Waals surface area contributed by atoms with Crippen LogP contribution in [0.4, 0.5) is 13.6 Å². The second-order valence-corrected chi connectivity index (χ2v) is 9.43. The number of benzene rings is 1. The lowest BCUT2D eigenvalue weighted by Gasteiger charge is -2.42. The highest BCUT2D eigenvalue weighted by atomic mass is 32.1. The molecule has 0 saturated carbocycles. The second-order valence-electron chi connectivity index (χ2n) is 9.04. The monoisotopic (exact) mass is 522 g/mol. The van der Waals surface area contributed by atoms with Crippen molar-refractivity contribution in [1.29, 1.82) is 0 Å². The van der Waals surface area contributed by atoms with Crippen LogP contribution < -0.4 is 10.7 Å². The molecule has 13 heteroatoms. The van der Waals surface area contributed by atoms with Crippen molar-refractivity contribution >= 4 is 23.4 Å². The number of nitrogens with one attached hydrogen (secondary N) is 2. The van der Waals surface area contributed by atoms with Crippen molar-refractivity contribution in [3.63, 3.8) is 0 Å². The van der Waals surface area contributed by atoms with E-state index in [0.29, 0.717) is 11.8 Å². The average molecular weight is 523 g/mol. The largest absolute Gasteiger partial charge is 0.467 e. The molecule has 3 N–H and O–H groups in total. The predicted octanol–water partition coefficient (Wildman–Crippen LogP) is 3.24. The summed E-state index contributed by atoms with van der Waals surface area (Å²) in [5.74, 6) is -1.24. The fourth-order valence-corrected chi connectivity index (χ4v) is 3.72. The van der Waals surface area contributed by atoms with E-state index in [0.717, 1.165) is 17.1 Å². The van der Waals surface area contributed by atoms with E-state index in [1.54, 1.807) is 32.9 Å². The van der Waals surface area contributed by atoms with Crippen LogP contribution in [0.25, 0.3) is 0 Å². The van der Waals surface area contributed by atoms with E-state index in [1.165, 1.54) is 30.5 Å². The van der Waals surface area contributed by atoms with Gasteiger partial charge in [-0.1, -0.05) is 6.07 Å². The van der Waals surface area contributed by atoms with E-state index in [1.807, 2.05) is 0 Å². The maximum absolute atomic E-state index is 15.0. The van der Waals surface area contributed by atoms with Crippen molar-refractivity contribution in [1.82, 2.24) is 30.5 Å². The van der Waals surface area contributed by atoms with Gasteiger partial charge in [0, 0.05) is 11.6 Å². The average Bonchev–Trinajstić information content (AvgIpc) is 3.48. The summed E-state index contributed by atoms with van der Waals surface area (Å²) in [7, 11) is 0. The number of hydrazine groups is 1. The molecule has 0 bridgehead atoms. The molecule has 2 atom stereocenters. The Morgan fingerprint density at radius 3 is 2.67 bits per heavy atom. The van der Waals surface area contributed by atoms with E-state index in [4.69, 9.17) is 21.4 Å². The van der Waals surface area contributed by atoms with Gasteiger partial charge in [0.05, 0.1) is 25.4 Å². The third-order valence-electron chi connectivity index (χ3n) is 5.17. The standard InChI is InChI=1S/C23H28F2N6O4S/c1-15(23(33,12-30-14-26-13-28-30)18-8-7-16(24)10-19(18)25)31(29-21(32)35-22(2,3)4)20(36)27-11-17-6-5-9-34-17/h5-10,13-15,33H,11-12H2,1-4H3,(H,27,36)(H,29,32)/t15-,23-/m1/s1. The topological polar surface area (TPSA) is 118 Å². The van der Waals surface area contributed by atoms with Crippen LogP contribution in [-0.4, -0.2) is 47.7 Å². The summed E-state index contributed by atoms with van der Waals surface area (Å²) in [6, 6.07) is 5.10. The van der Waals surface area contributed by atoms with Gasteiger partial charge in [0.25, 0.3) is 0 Å². The zero-order chi connectivity index (χ0) is 26.5. The van der Waals surface area contributed by atoms with Gasteiger partial charge in [-0.15, -0.1) is 0 Å². The molecule has 194 valence electrons. The fraction of sp³-hybridized carbons (Fsp3) is 0.391. The van der Waals surface area contributed by atoms with Crippen LogP contribution in [0.2, 0.25) is 0 Å².